The van der Waals surface area contributed by atoms with Gasteiger partial charge in [-0.2, -0.15) is 0 Å². The molecule has 1 saturated carbocycles. The molecule has 2 amide bonds. The number of amides is 2. The van der Waals surface area contributed by atoms with E-state index in [0.29, 0.717) is 48.1 Å². The first-order valence-corrected chi connectivity index (χ1v) is 11.4. The number of halogens is 1. The number of hydrogen-bond donors (Lipinski definition) is 3. The van der Waals surface area contributed by atoms with Crippen molar-refractivity contribution in [1.29, 1.82) is 0 Å². The number of benzene rings is 1. The van der Waals surface area contributed by atoms with Crippen molar-refractivity contribution in [2.24, 2.45) is 5.73 Å². The molecule has 2 fully saturated rings. The van der Waals surface area contributed by atoms with Gasteiger partial charge in [-0.25, -0.2) is 4.98 Å². The summed E-state index contributed by atoms with van der Waals surface area (Å²) in [6.45, 7) is 2.47. The number of anilines is 2. The summed E-state index contributed by atoms with van der Waals surface area (Å²) in [5, 5.41) is 3.46. The maximum absolute atomic E-state index is 12.7. The highest BCUT2D eigenvalue weighted by Gasteiger charge is 2.24. The first-order valence-electron chi connectivity index (χ1n) is 11.0. The zero-order valence-corrected chi connectivity index (χ0v) is 18.7. The number of pyridine rings is 1. The molecule has 5 N–H and O–H groups in total. The highest BCUT2D eigenvalue weighted by atomic mass is 35.5. The molecule has 1 aromatic heterocycles. The summed E-state index contributed by atoms with van der Waals surface area (Å²) in [7, 11) is 0. The van der Waals surface area contributed by atoms with Crippen molar-refractivity contribution in [3.8, 4) is 0 Å². The third-order valence-corrected chi connectivity index (χ3v) is 6.50. The van der Waals surface area contributed by atoms with Gasteiger partial charge < -0.3 is 26.6 Å². The number of aromatic nitrogens is 1. The number of nitrogens with one attached hydrogen (secondary N) is 1. The van der Waals surface area contributed by atoms with Crippen LogP contribution in [0.25, 0.3) is 0 Å². The molecule has 9 heteroatoms. The third-order valence-electron chi connectivity index (χ3n) is 6.28. The van der Waals surface area contributed by atoms with Gasteiger partial charge in [-0.05, 0) is 56.0 Å². The Morgan fingerprint density at radius 1 is 1.00 bits per heavy atom. The lowest BCUT2D eigenvalue weighted by Gasteiger charge is -2.36. The molecule has 0 atom stereocenters. The normalized spacial score (nSPS) is 21.3. The van der Waals surface area contributed by atoms with Crippen molar-refractivity contribution in [2.75, 3.05) is 36.8 Å². The highest BCUT2D eigenvalue weighted by molar-refractivity contribution is 6.29. The lowest BCUT2D eigenvalue weighted by molar-refractivity contribution is 0.0746. The Bertz CT molecular complexity index is 967. The second-order valence-electron chi connectivity index (χ2n) is 8.51. The average molecular weight is 457 g/mol. The number of carbonyl (C=O) groups excluding carboxylic acids is 2. The molecule has 2 heterocycles. The summed E-state index contributed by atoms with van der Waals surface area (Å²) < 4.78 is 0. The van der Waals surface area contributed by atoms with Crippen LogP contribution in [0.5, 0.6) is 0 Å². The van der Waals surface area contributed by atoms with Crippen molar-refractivity contribution in [2.45, 2.75) is 37.8 Å². The largest absolute Gasteiger partial charge is 0.397 e. The monoisotopic (exact) mass is 456 g/mol. The van der Waals surface area contributed by atoms with Crippen LogP contribution in [0.4, 0.5) is 11.4 Å². The van der Waals surface area contributed by atoms with E-state index in [4.69, 9.17) is 23.1 Å². The fourth-order valence-corrected chi connectivity index (χ4v) is 4.46. The molecule has 1 aromatic carbocycles. The molecule has 0 unspecified atom stereocenters. The average Bonchev–Trinajstić information content (AvgIpc) is 2.81. The summed E-state index contributed by atoms with van der Waals surface area (Å²) in [5.74, 6) is -0.159. The molecule has 4 rings (SSSR count). The first kappa shape index (κ1) is 22.4. The number of rotatable bonds is 4. The van der Waals surface area contributed by atoms with E-state index in [9.17, 15) is 9.59 Å². The van der Waals surface area contributed by atoms with Gasteiger partial charge in [-0.15, -0.1) is 0 Å². The molecule has 2 aliphatic rings. The van der Waals surface area contributed by atoms with Crippen LogP contribution in [0.3, 0.4) is 0 Å². The van der Waals surface area contributed by atoms with E-state index in [1.807, 2.05) is 12.1 Å². The van der Waals surface area contributed by atoms with Crippen molar-refractivity contribution >= 4 is 34.8 Å². The minimum Gasteiger partial charge on any atom is -0.397 e. The molecule has 170 valence electrons. The molecule has 1 aliphatic heterocycles. The molecule has 0 spiro atoms. The smallest absolute Gasteiger partial charge is 0.255 e. The van der Waals surface area contributed by atoms with E-state index in [1.165, 1.54) is 6.20 Å². The highest BCUT2D eigenvalue weighted by Crippen LogP contribution is 2.26. The van der Waals surface area contributed by atoms with Crippen LogP contribution in [0.2, 0.25) is 5.15 Å². The van der Waals surface area contributed by atoms with Crippen LogP contribution >= 0.6 is 11.6 Å². The number of nitrogens with two attached hydrogens (primary N) is 2. The second-order valence-corrected chi connectivity index (χ2v) is 8.89. The minimum absolute atomic E-state index is 0.0579. The lowest BCUT2D eigenvalue weighted by atomic mass is 9.91. The zero-order chi connectivity index (χ0) is 22.7. The molecule has 1 saturated heterocycles. The molecular weight excluding hydrogens is 428 g/mol. The minimum atomic E-state index is -0.101. The SMILES string of the molecule is Nc1cc(C(=O)NC2CCC(N)CC2)ccc1N1CCN(C(=O)c2ccc(Cl)nc2)CC1. The Morgan fingerprint density at radius 3 is 2.31 bits per heavy atom. The van der Waals surface area contributed by atoms with Crippen molar-refractivity contribution in [3.63, 3.8) is 0 Å². The van der Waals surface area contributed by atoms with Gasteiger partial charge in [-0.3, -0.25) is 9.59 Å². The van der Waals surface area contributed by atoms with E-state index in [2.05, 4.69) is 15.2 Å². The van der Waals surface area contributed by atoms with E-state index < -0.39 is 0 Å². The predicted molar refractivity (Wildman–Crippen MR) is 126 cm³/mol. The van der Waals surface area contributed by atoms with Crippen molar-refractivity contribution in [1.82, 2.24) is 15.2 Å². The number of carbonyl (C=O) groups is 2. The Kier molecular flexibility index (Phi) is 6.81. The van der Waals surface area contributed by atoms with Gasteiger partial charge in [0.15, 0.2) is 0 Å². The molecule has 0 radical (unpaired) electrons. The Hall–Kier alpha value is -2.84. The Morgan fingerprint density at radius 2 is 1.69 bits per heavy atom. The number of hydrogen-bond acceptors (Lipinski definition) is 6. The summed E-state index contributed by atoms with van der Waals surface area (Å²) in [6, 6.07) is 9.16. The van der Waals surface area contributed by atoms with Crippen LogP contribution in [0.1, 0.15) is 46.4 Å². The van der Waals surface area contributed by atoms with Crippen molar-refractivity contribution < 1.29 is 9.59 Å². The van der Waals surface area contributed by atoms with Crippen LogP contribution < -0.4 is 21.7 Å². The molecule has 8 nitrogen and oxygen atoms in total. The molecule has 32 heavy (non-hydrogen) atoms. The second kappa shape index (κ2) is 9.75. The fraction of sp³-hybridized carbons (Fsp3) is 0.435. The molecule has 2 aromatic rings. The van der Waals surface area contributed by atoms with Gasteiger partial charge in [0.2, 0.25) is 0 Å². The van der Waals surface area contributed by atoms with Gasteiger partial charge in [0.05, 0.1) is 16.9 Å². The maximum Gasteiger partial charge on any atom is 0.255 e. The molecule has 0 bridgehead atoms. The van der Waals surface area contributed by atoms with E-state index >= 15 is 0 Å². The van der Waals surface area contributed by atoms with Gasteiger partial charge >= 0.3 is 0 Å². The van der Waals surface area contributed by atoms with Gasteiger partial charge in [0, 0.05) is 50.0 Å². The summed E-state index contributed by atoms with van der Waals surface area (Å²) in [4.78, 5) is 33.2. The Balaban J connectivity index is 1.34. The number of nitrogens with zero attached hydrogens (tertiary/aromatic N) is 3. The van der Waals surface area contributed by atoms with Crippen LogP contribution in [-0.2, 0) is 0 Å². The topological polar surface area (TPSA) is 118 Å². The summed E-state index contributed by atoms with van der Waals surface area (Å²) in [5.41, 5.74) is 14.8. The van der Waals surface area contributed by atoms with Crippen LogP contribution in [0, 0.1) is 0 Å². The quantitative estimate of drug-likeness (QED) is 0.480. The van der Waals surface area contributed by atoms with E-state index in [1.54, 1.807) is 23.1 Å². The third kappa shape index (κ3) is 5.14. The maximum atomic E-state index is 12.7. The van der Waals surface area contributed by atoms with E-state index in [-0.39, 0.29) is 23.9 Å². The standard InChI is InChI=1S/C23H29ClN6O2/c24-21-8-2-16(14-27-21)23(32)30-11-9-29(10-12-30)20-7-1-15(13-19(20)26)22(31)28-18-5-3-17(25)4-6-18/h1-2,7-8,13-14,17-18H,3-6,9-12,25-26H2,(H,28,31). The Labute approximate surface area is 192 Å². The van der Waals surface area contributed by atoms with Gasteiger partial charge in [-0.1, -0.05) is 11.6 Å². The predicted octanol–water partition coefficient (Wildman–Crippen LogP) is 2.28. The fourth-order valence-electron chi connectivity index (χ4n) is 4.35. The summed E-state index contributed by atoms with van der Waals surface area (Å²) in [6.07, 6.45) is 5.20. The summed E-state index contributed by atoms with van der Waals surface area (Å²) >= 11 is 5.80. The van der Waals surface area contributed by atoms with Crippen LogP contribution in [-0.4, -0.2) is 60.0 Å². The zero-order valence-electron chi connectivity index (χ0n) is 18.0. The van der Waals surface area contributed by atoms with Crippen molar-refractivity contribution in [3.05, 3.63) is 52.8 Å². The van der Waals surface area contributed by atoms with Gasteiger partial charge in [0.1, 0.15) is 5.15 Å². The lowest BCUT2D eigenvalue weighted by Crippen LogP contribution is -2.49. The number of nitrogen functional groups attached to an aromatic ring is 1. The van der Waals surface area contributed by atoms with E-state index in [0.717, 1.165) is 31.4 Å². The molecular formula is C23H29ClN6O2. The van der Waals surface area contributed by atoms with Gasteiger partial charge in [0.25, 0.3) is 11.8 Å². The van der Waals surface area contributed by atoms with Crippen LogP contribution in [0.15, 0.2) is 36.5 Å². The number of piperazine rings is 1. The molecule has 1 aliphatic carbocycles. The first-order chi connectivity index (χ1) is 15.4.